The minimum atomic E-state index is -0.0696. The Morgan fingerprint density at radius 3 is 2.31 bits per heavy atom. The lowest BCUT2D eigenvalue weighted by Crippen LogP contribution is -2.30. The zero-order valence-corrected chi connectivity index (χ0v) is 10.4. The molecule has 88 valence electrons. The molecule has 0 aliphatic heterocycles. The number of hydrogen-bond acceptors (Lipinski definition) is 1. The molecule has 0 bridgehead atoms. The van der Waals surface area contributed by atoms with Crippen LogP contribution in [0, 0.1) is 0 Å². The molecule has 0 fully saturated rings. The van der Waals surface area contributed by atoms with E-state index in [1.807, 2.05) is 31.2 Å². The monoisotopic (exact) mass is 220 g/mol. The van der Waals surface area contributed by atoms with E-state index in [0.717, 1.165) is 5.69 Å². The maximum absolute atomic E-state index is 11.6. The Morgan fingerprint density at radius 1 is 1.31 bits per heavy atom. The van der Waals surface area contributed by atoms with Gasteiger partial charge in [-0.1, -0.05) is 26.0 Å². The molecule has 0 aromatic heterocycles. The number of anilines is 1. The first kappa shape index (κ1) is 12.6. The number of benzene rings is 1. The molecule has 2 amide bonds. The summed E-state index contributed by atoms with van der Waals surface area (Å²) in [7, 11) is 1.78. The van der Waals surface area contributed by atoms with Crippen LogP contribution in [-0.4, -0.2) is 24.5 Å². The molecule has 1 aromatic rings. The summed E-state index contributed by atoms with van der Waals surface area (Å²) in [6.45, 7) is 6.95. The predicted molar refractivity (Wildman–Crippen MR) is 67.9 cm³/mol. The zero-order valence-electron chi connectivity index (χ0n) is 10.4. The van der Waals surface area contributed by atoms with E-state index in [4.69, 9.17) is 0 Å². The van der Waals surface area contributed by atoms with E-state index in [1.165, 1.54) is 5.56 Å². The maximum atomic E-state index is 11.6. The maximum Gasteiger partial charge on any atom is 0.321 e. The molecule has 0 spiro atoms. The zero-order chi connectivity index (χ0) is 12.1. The summed E-state index contributed by atoms with van der Waals surface area (Å²) >= 11 is 0. The van der Waals surface area contributed by atoms with Crippen LogP contribution in [0.25, 0.3) is 0 Å². The van der Waals surface area contributed by atoms with Gasteiger partial charge in [-0.25, -0.2) is 4.79 Å². The van der Waals surface area contributed by atoms with Crippen LogP contribution in [0.2, 0.25) is 0 Å². The third-order valence-corrected chi connectivity index (χ3v) is 2.65. The van der Waals surface area contributed by atoms with Crippen molar-refractivity contribution in [1.82, 2.24) is 4.90 Å². The van der Waals surface area contributed by atoms with Crippen LogP contribution >= 0.6 is 0 Å². The van der Waals surface area contributed by atoms with E-state index in [1.54, 1.807) is 11.9 Å². The number of rotatable bonds is 3. The largest absolute Gasteiger partial charge is 0.328 e. The molecule has 0 aliphatic rings. The van der Waals surface area contributed by atoms with Crippen molar-refractivity contribution in [2.75, 3.05) is 18.9 Å². The van der Waals surface area contributed by atoms with Gasteiger partial charge in [-0.3, -0.25) is 0 Å². The SMILES string of the molecule is CCN(C)C(=O)Nc1ccc(C(C)C)cc1. The Kier molecular flexibility index (Phi) is 4.35. The lowest BCUT2D eigenvalue weighted by atomic mass is 10.0. The van der Waals surface area contributed by atoms with E-state index in [-0.39, 0.29) is 6.03 Å². The van der Waals surface area contributed by atoms with Crippen LogP contribution < -0.4 is 5.32 Å². The number of urea groups is 1. The summed E-state index contributed by atoms with van der Waals surface area (Å²) in [5.74, 6) is 0.517. The highest BCUT2D eigenvalue weighted by molar-refractivity contribution is 5.89. The Morgan fingerprint density at radius 2 is 1.88 bits per heavy atom. The highest BCUT2D eigenvalue weighted by Gasteiger charge is 2.06. The van der Waals surface area contributed by atoms with Gasteiger partial charge in [0.25, 0.3) is 0 Å². The Labute approximate surface area is 97.5 Å². The molecule has 0 saturated heterocycles. The van der Waals surface area contributed by atoms with Crippen molar-refractivity contribution in [3.05, 3.63) is 29.8 Å². The second-order valence-electron chi connectivity index (χ2n) is 4.22. The van der Waals surface area contributed by atoms with Gasteiger partial charge in [0.15, 0.2) is 0 Å². The first-order valence-electron chi connectivity index (χ1n) is 5.66. The quantitative estimate of drug-likeness (QED) is 0.833. The van der Waals surface area contributed by atoms with Gasteiger partial charge in [-0.15, -0.1) is 0 Å². The fraction of sp³-hybridized carbons (Fsp3) is 0.462. The van der Waals surface area contributed by atoms with Gasteiger partial charge in [-0.05, 0) is 30.5 Å². The molecule has 16 heavy (non-hydrogen) atoms. The third-order valence-electron chi connectivity index (χ3n) is 2.65. The summed E-state index contributed by atoms with van der Waals surface area (Å²) in [6, 6.07) is 7.91. The van der Waals surface area contributed by atoms with Crippen molar-refractivity contribution in [2.45, 2.75) is 26.7 Å². The lowest BCUT2D eigenvalue weighted by Gasteiger charge is -2.15. The van der Waals surface area contributed by atoms with Gasteiger partial charge in [0.1, 0.15) is 0 Å². The Hall–Kier alpha value is -1.51. The Balaban J connectivity index is 2.65. The molecular weight excluding hydrogens is 200 g/mol. The number of nitrogens with zero attached hydrogens (tertiary/aromatic N) is 1. The topological polar surface area (TPSA) is 32.3 Å². The van der Waals surface area contributed by atoms with Gasteiger partial charge in [-0.2, -0.15) is 0 Å². The molecule has 0 atom stereocenters. The lowest BCUT2D eigenvalue weighted by molar-refractivity contribution is 0.224. The van der Waals surface area contributed by atoms with Crippen molar-refractivity contribution in [3.63, 3.8) is 0 Å². The highest BCUT2D eigenvalue weighted by Crippen LogP contribution is 2.17. The van der Waals surface area contributed by atoms with E-state index < -0.39 is 0 Å². The second-order valence-corrected chi connectivity index (χ2v) is 4.22. The second kappa shape index (κ2) is 5.54. The van der Waals surface area contributed by atoms with Crippen molar-refractivity contribution >= 4 is 11.7 Å². The standard InChI is InChI=1S/C13H20N2O/c1-5-15(4)13(16)14-12-8-6-11(7-9-12)10(2)3/h6-10H,5H2,1-4H3,(H,14,16). The first-order chi connectivity index (χ1) is 7.54. The van der Waals surface area contributed by atoms with Crippen molar-refractivity contribution in [1.29, 1.82) is 0 Å². The molecule has 3 heteroatoms. The van der Waals surface area contributed by atoms with Crippen LogP contribution in [-0.2, 0) is 0 Å². The van der Waals surface area contributed by atoms with Crippen LogP contribution in [0.4, 0.5) is 10.5 Å². The molecule has 0 aliphatic carbocycles. The molecule has 1 N–H and O–H groups in total. The summed E-state index contributed by atoms with van der Waals surface area (Å²) < 4.78 is 0. The van der Waals surface area contributed by atoms with E-state index >= 15 is 0 Å². The normalized spacial score (nSPS) is 10.3. The van der Waals surface area contributed by atoms with Crippen molar-refractivity contribution in [2.24, 2.45) is 0 Å². The number of amides is 2. The summed E-state index contributed by atoms with van der Waals surface area (Å²) in [5.41, 5.74) is 2.12. The molecule has 1 rings (SSSR count). The Bertz CT molecular complexity index is 343. The number of nitrogens with one attached hydrogen (secondary N) is 1. The van der Waals surface area contributed by atoms with E-state index in [2.05, 4.69) is 19.2 Å². The molecular formula is C13H20N2O. The van der Waals surface area contributed by atoms with Gasteiger partial charge in [0.2, 0.25) is 0 Å². The van der Waals surface area contributed by atoms with Gasteiger partial charge in [0.05, 0.1) is 0 Å². The smallest absolute Gasteiger partial charge is 0.321 e. The van der Waals surface area contributed by atoms with E-state index in [9.17, 15) is 4.79 Å². The summed E-state index contributed by atoms with van der Waals surface area (Å²) in [4.78, 5) is 13.2. The van der Waals surface area contributed by atoms with Crippen LogP contribution in [0.15, 0.2) is 24.3 Å². The number of carbonyl (C=O) groups is 1. The van der Waals surface area contributed by atoms with E-state index in [0.29, 0.717) is 12.5 Å². The number of hydrogen-bond donors (Lipinski definition) is 1. The van der Waals surface area contributed by atoms with Gasteiger partial charge in [0, 0.05) is 19.3 Å². The molecule has 3 nitrogen and oxygen atoms in total. The molecule has 1 aromatic carbocycles. The predicted octanol–water partition coefficient (Wildman–Crippen LogP) is 3.29. The minimum Gasteiger partial charge on any atom is -0.328 e. The number of carbonyl (C=O) groups excluding carboxylic acids is 1. The highest BCUT2D eigenvalue weighted by atomic mass is 16.2. The fourth-order valence-electron chi connectivity index (χ4n) is 1.31. The van der Waals surface area contributed by atoms with Gasteiger partial charge >= 0.3 is 6.03 Å². The van der Waals surface area contributed by atoms with Crippen LogP contribution in [0.3, 0.4) is 0 Å². The first-order valence-corrected chi connectivity index (χ1v) is 5.66. The fourth-order valence-corrected chi connectivity index (χ4v) is 1.31. The molecule has 0 radical (unpaired) electrons. The molecule has 0 saturated carbocycles. The third kappa shape index (κ3) is 3.26. The van der Waals surface area contributed by atoms with Crippen LogP contribution in [0.5, 0.6) is 0 Å². The van der Waals surface area contributed by atoms with Crippen molar-refractivity contribution < 1.29 is 4.79 Å². The average Bonchev–Trinajstić information content (AvgIpc) is 2.28. The summed E-state index contributed by atoms with van der Waals surface area (Å²) in [6.07, 6.45) is 0. The molecule has 0 heterocycles. The average molecular weight is 220 g/mol. The molecule has 0 unspecified atom stereocenters. The van der Waals surface area contributed by atoms with Crippen molar-refractivity contribution in [3.8, 4) is 0 Å². The van der Waals surface area contributed by atoms with Crippen LogP contribution in [0.1, 0.15) is 32.3 Å². The summed E-state index contributed by atoms with van der Waals surface area (Å²) in [5, 5.41) is 2.85. The van der Waals surface area contributed by atoms with Gasteiger partial charge < -0.3 is 10.2 Å². The minimum absolute atomic E-state index is 0.0696.